The van der Waals surface area contributed by atoms with Gasteiger partial charge in [0.05, 0.1) is 11.9 Å². The topological polar surface area (TPSA) is 59.1 Å². The van der Waals surface area contributed by atoms with E-state index in [1.165, 1.54) is 12.3 Å². The summed E-state index contributed by atoms with van der Waals surface area (Å²) in [5, 5.41) is 2.86. The van der Waals surface area contributed by atoms with E-state index in [-0.39, 0.29) is 11.1 Å². The average Bonchev–Trinajstić information content (AvgIpc) is 2.19. The van der Waals surface area contributed by atoms with Crippen molar-refractivity contribution in [3.63, 3.8) is 0 Å². The quantitative estimate of drug-likeness (QED) is 0.638. The molecule has 0 fully saturated rings. The first-order valence-electron chi connectivity index (χ1n) is 4.77. The van der Waals surface area contributed by atoms with Gasteiger partial charge < -0.3 is 5.32 Å². The van der Waals surface area contributed by atoms with Crippen molar-refractivity contribution < 1.29 is 9.59 Å². The second-order valence-corrected chi connectivity index (χ2v) is 4.80. The number of halogens is 1. The minimum Gasteiger partial charge on any atom is -0.324 e. The van der Waals surface area contributed by atoms with Gasteiger partial charge in [0, 0.05) is 11.0 Å². The molecule has 0 saturated heterocycles. The van der Waals surface area contributed by atoms with Crippen molar-refractivity contribution in [2.75, 3.05) is 5.32 Å². The minimum absolute atomic E-state index is 0.181. The number of aromatic nitrogens is 1. The third-order valence-corrected chi connectivity index (χ3v) is 2.17. The van der Waals surface area contributed by atoms with E-state index in [2.05, 4.69) is 10.3 Å². The van der Waals surface area contributed by atoms with Crippen LogP contribution in [0.5, 0.6) is 0 Å². The van der Waals surface area contributed by atoms with Gasteiger partial charge in [0.2, 0.25) is 5.91 Å². The van der Waals surface area contributed by atoms with Crippen LogP contribution in [-0.2, 0) is 4.79 Å². The normalized spacial score (nSPS) is 11.0. The van der Waals surface area contributed by atoms with Crippen molar-refractivity contribution in [1.82, 2.24) is 4.98 Å². The van der Waals surface area contributed by atoms with E-state index < -0.39 is 5.41 Å². The maximum atomic E-state index is 11.7. The van der Waals surface area contributed by atoms with Crippen LogP contribution in [-0.4, -0.2) is 17.2 Å². The second-order valence-electron chi connectivity index (χ2n) is 4.42. The molecule has 0 bridgehead atoms. The molecule has 0 aromatic carbocycles. The number of pyridine rings is 1. The Hall–Kier alpha value is -1.42. The molecule has 0 spiro atoms. The third-order valence-electron chi connectivity index (χ3n) is 1.96. The van der Waals surface area contributed by atoms with Crippen molar-refractivity contribution in [2.24, 2.45) is 5.41 Å². The number of hydrogen-bond donors (Lipinski definition) is 1. The van der Waals surface area contributed by atoms with Gasteiger partial charge in [-0.3, -0.25) is 9.59 Å². The number of carbonyl (C=O) groups excluding carboxylic acids is 2. The number of amides is 1. The summed E-state index contributed by atoms with van der Waals surface area (Å²) in [6.07, 6.45) is 2.00. The smallest absolute Gasteiger partial charge is 0.229 e. The maximum Gasteiger partial charge on any atom is 0.229 e. The molecule has 16 heavy (non-hydrogen) atoms. The first kappa shape index (κ1) is 12.6. The van der Waals surface area contributed by atoms with Crippen LogP contribution in [0.3, 0.4) is 0 Å². The predicted molar refractivity (Wildman–Crippen MR) is 62.7 cm³/mol. The Morgan fingerprint density at radius 2 is 2.12 bits per heavy atom. The van der Waals surface area contributed by atoms with Crippen LogP contribution >= 0.6 is 11.6 Å². The fourth-order valence-corrected chi connectivity index (χ4v) is 1.12. The summed E-state index contributed by atoms with van der Waals surface area (Å²) in [5.41, 5.74) is 0.164. The van der Waals surface area contributed by atoms with Gasteiger partial charge in [-0.05, 0) is 6.07 Å². The van der Waals surface area contributed by atoms with Crippen LogP contribution in [0.4, 0.5) is 5.69 Å². The molecule has 0 saturated carbocycles. The highest BCUT2D eigenvalue weighted by Gasteiger charge is 2.22. The Bertz CT molecular complexity index is 424. The predicted octanol–water partition coefficient (Wildman–Crippen LogP) is 2.53. The first-order chi connectivity index (χ1) is 7.34. The molecule has 1 heterocycles. The van der Waals surface area contributed by atoms with Gasteiger partial charge in [-0.2, -0.15) is 0 Å². The molecule has 86 valence electrons. The molecule has 0 aliphatic heterocycles. The fraction of sp³-hybridized carbons (Fsp3) is 0.364. The molecular formula is C11H13ClN2O2. The lowest BCUT2D eigenvalue weighted by atomic mass is 9.95. The molecule has 5 heteroatoms. The second kappa shape index (κ2) is 4.61. The molecule has 4 nitrogen and oxygen atoms in total. The maximum absolute atomic E-state index is 11.7. The Labute approximate surface area is 99.0 Å². The number of aldehydes is 1. The van der Waals surface area contributed by atoms with Gasteiger partial charge in [-0.1, -0.05) is 32.4 Å². The van der Waals surface area contributed by atoms with Crippen LogP contribution in [0.1, 0.15) is 31.1 Å². The summed E-state index contributed by atoms with van der Waals surface area (Å²) in [6, 6.07) is 1.41. The van der Waals surface area contributed by atoms with Crippen LogP contribution in [0, 0.1) is 5.41 Å². The van der Waals surface area contributed by atoms with Crippen LogP contribution < -0.4 is 5.32 Å². The van der Waals surface area contributed by atoms with Gasteiger partial charge in [-0.25, -0.2) is 4.98 Å². The number of anilines is 1. The largest absolute Gasteiger partial charge is 0.324 e. The zero-order chi connectivity index (χ0) is 12.3. The summed E-state index contributed by atoms with van der Waals surface area (Å²) in [4.78, 5) is 26.3. The standard InChI is InChI=1S/C11H13ClN2O2/c1-11(2,3)10(16)14-8-5-13-9(12)4-7(8)6-15/h4-6H,1-3H3,(H,14,16). The van der Waals surface area contributed by atoms with E-state index in [0.717, 1.165) is 0 Å². The lowest BCUT2D eigenvalue weighted by molar-refractivity contribution is -0.123. The summed E-state index contributed by atoms with van der Waals surface area (Å²) in [6.45, 7) is 5.35. The molecule has 0 radical (unpaired) electrons. The first-order valence-corrected chi connectivity index (χ1v) is 5.14. The van der Waals surface area contributed by atoms with Crippen molar-refractivity contribution in [3.8, 4) is 0 Å². The molecule has 1 aromatic heterocycles. The molecule has 1 aromatic rings. The van der Waals surface area contributed by atoms with Crippen molar-refractivity contribution >= 4 is 29.5 Å². The van der Waals surface area contributed by atoms with Crippen molar-refractivity contribution in [2.45, 2.75) is 20.8 Å². The van der Waals surface area contributed by atoms with Crippen LogP contribution in [0.15, 0.2) is 12.3 Å². The van der Waals surface area contributed by atoms with Gasteiger partial charge in [0.15, 0.2) is 6.29 Å². The molecule has 1 amide bonds. The van der Waals surface area contributed by atoms with E-state index in [1.807, 2.05) is 0 Å². The molecule has 0 unspecified atom stereocenters. The Kier molecular flexibility index (Phi) is 3.65. The number of nitrogens with zero attached hydrogens (tertiary/aromatic N) is 1. The lowest BCUT2D eigenvalue weighted by Crippen LogP contribution is -2.28. The van der Waals surface area contributed by atoms with E-state index in [0.29, 0.717) is 17.5 Å². The van der Waals surface area contributed by atoms with Crippen molar-refractivity contribution in [1.29, 1.82) is 0 Å². The number of nitrogens with one attached hydrogen (secondary N) is 1. The Morgan fingerprint density at radius 1 is 1.50 bits per heavy atom. The minimum atomic E-state index is -0.528. The summed E-state index contributed by atoms with van der Waals surface area (Å²) < 4.78 is 0. The van der Waals surface area contributed by atoms with E-state index in [4.69, 9.17) is 11.6 Å². The summed E-state index contributed by atoms with van der Waals surface area (Å²) in [7, 11) is 0. The zero-order valence-electron chi connectivity index (χ0n) is 9.37. The third kappa shape index (κ3) is 3.03. The van der Waals surface area contributed by atoms with Gasteiger partial charge in [0.1, 0.15) is 5.15 Å². The zero-order valence-corrected chi connectivity index (χ0v) is 10.1. The van der Waals surface area contributed by atoms with Gasteiger partial charge in [-0.15, -0.1) is 0 Å². The number of rotatable bonds is 2. The van der Waals surface area contributed by atoms with E-state index in [9.17, 15) is 9.59 Å². The van der Waals surface area contributed by atoms with E-state index >= 15 is 0 Å². The summed E-state index contributed by atoms with van der Waals surface area (Å²) in [5.74, 6) is -0.181. The molecule has 1 rings (SSSR count). The fourth-order valence-electron chi connectivity index (χ4n) is 0.956. The van der Waals surface area contributed by atoms with E-state index in [1.54, 1.807) is 20.8 Å². The van der Waals surface area contributed by atoms with Gasteiger partial charge in [0.25, 0.3) is 0 Å². The van der Waals surface area contributed by atoms with Crippen molar-refractivity contribution in [3.05, 3.63) is 23.0 Å². The summed E-state index contributed by atoms with van der Waals surface area (Å²) >= 11 is 5.64. The molecular weight excluding hydrogens is 228 g/mol. The molecule has 0 atom stereocenters. The monoisotopic (exact) mass is 240 g/mol. The molecule has 0 aliphatic rings. The highest BCUT2D eigenvalue weighted by molar-refractivity contribution is 6.29. The Balaban J connectivity index is 2.98. The van der Waals surface area contributed by atoms with Crippen LogP contribution in [0.2, 0.25) is 5.15 Å². The lowest BCUT2D eigenvalue weighted by Gasteiger charge is -2.18. The number of hydrogen-bond acceptors (Lipinski definition) is 3. The number of carbonyl (C=O) groups is 2. The van der Waals surface area contributed by atoms with Crippen LogP contribution in [0.25, 0.3) is 0 Å². The van der Waals surface area contributed by atoms with Gasteiger partial charge >= 0.3 is 0 Å². The Morgan fingerprint density at radius 3 is 2.62 bits per heavy atom. The highest BCUT2D eigenvalue weighted by Crippen LogP contribution is 2.20. The molecule has 1 N–H and O–H groups in total. The SMILES string of the molecule is CC(C)(C)C(=O)Nc1cnc(Cl)cc1C=O. The highest BCUT2D eigenvalue weighted by atomic mass is 35.5. The molecule has 0 aliphatic carbocycles. The average molecular weight is 241 g/mol.